The summed E-state index contributed by atoms with van der Waals surface area (Å²) in [6.45, 7) is 8.94. The first kappa shape index (κ1) is 13.6. The molecule has 0 saturated heterocycles. The molecule has 4 nitrogen and oxygen atoms in total. The van der Waals surface area contributed by atoms with Crippen molar-refractivity contribution in [2.75, 3.05) is 0 Å². The van der Waals surface area contributed by atoms with Gasteiger partial charge in [0.25, 0.3) is 0 Å². The summed E-state index contributed by atoms with van der Waals surface area (Å²) < 4.78 is 7.80. The molecule has 0 aliphatic heterocycles. The molecule has 0 aliphatic rings. The minimum absolute atomic E-state index is 0.293. The van der Waals surface area contributed by atoms with Crippen LogP contribution in [0.15, 0.2) is 30.6 Å². The number of nitrogens with zero attached hydrogens (tertiary/aromatic N) is 3. The lowest BCUT2D eigenvalue weighted by Crippen LogP contribution is -2.11. The fourth-order valence-corrected chi connectivity index (χ4v) is 2.04. The second kappa shape index (κ2) is 5.87. The summed E-state index contributed by atoms with van der Waals surface area (Å²) in [5.41, 5.74) is 1.22. The van der Waals surface area contributed by atoms with Gasteiger partial charge < -0.3 is 4.74 Å². The van der Waals surface area contributed by atoms with E-state index in [1.165, 1.54) is 5.56 Å². The molecule has 0 N–H and O–H groups in total. The zero-order valence-corrected chi connectivity index (χ0v) is 12.0. The summed E-state index contributed by atoms with van der Waals surface area (Å²) in [4.78, 5) is 4.25. The van der Waals surface area contributed by atoms with E-state index in [9.17, 15) is 0 Å². The highest BCUT2D eigenvalue weighted by molar-refractivity contribution is 5.35. The smallest absolute Gasteiger partial charge is 0.165 e. The molecular formula is C15H21N3O. The van der Waals surface area contributed by atoms with Gasteiger partial charge in [-0.05, 0) is 31.4 Å². The van der Waals surface area contributed by atoms with Crippen molar-refractivity contribution < 1.29 is 4.74 Å². The fraction of sp³-hybridized carbons (Fsp3) is 0.467. The molecule has 4 heteroatoms. The predicted octanol–water partition coefficient (Wildman–Crippen LogP) is 3.56. The molecule has 0 radical (unpaired) electrons. The molecule has 2 rings (SSSR count). The molecule has 0 unspecified atom stereocenters. The molecule has 1 aromatic carbocycles. The van der Waals surface area contributed by atoms with E-state index in [1.807, 2.05) is 22.9 Å². The number of ether oxygens (including phenoxy) is 1. The van der Waals surface area contributed by atoms with Crippen molar-refractivity contribution >= 4 is 0 Å². The Morgan fingerprint density at radius 1 is 1.16 bits per heavy atom. The van der Waals surface area contributed by atoms with Crippen molar-refractivity contribution in [2.24, 2.45) is 0 Å². The van der Waals surface area contributed by atoms with E-state index in [4.69, 9.17) is 4.74 Å². The lowest BCUT2D eigenvalue weighted by atomic mass is 10.0. The SMILES string of the molecule is CC(C)c1ccccc1OCc1ncnn1C(C)C. The van der Waals surface area contributed by atoms with E-state index < -0.39 is 0 Å². The molecule has 0 saturated carbocycles. The first-order valence-corrected chi connectivity index (χ1v) is 6.69. The van der Waals surface area contributed by atoms with Gasteiger partial charge in [-0.2, -0.15) is 5.10 Å². The third kappa shape index (κ3) is 3.13. The summed E-state index contributed by atoms with van der Waals surface area (Å²) in [6.07, 6.45) is 1.58. The van der Waals surface area contributed by atoms with E-state index in [1.54, 1.807) is 6.33 Å². The van der Waals surface area contributed by atoms with Crippen LogP contribution in [0.4, 0.5) is 0 Å². The molecule has 2 aromatic rings. The van der Waals surface area contributed by atoms with Gasteiger partial charge >= 0.3 is 0 Å². The van der Waals surface area contributed by atoms with Crippen LogP contribution >= 0.6 is 0 Å². The maximum Gasteiger partial charge on any atom is 0.165 e. The third-order valence-electron chi connectivity index (χ3n) is 3.03. The van der Waals surface area contributed by atoms with Gasteiger partial charge in [0, 0.05) is 6.04 Å². The number of benzene rings is 1. The summed E-state index contributed by atoms with van der Waals surface area (Å²) >= 11 is 0. The fourth-order valence-electron chi connectivity index (χ4n) is 2.04. The molecule has 19 heavy (non-hydrogen) atoms. The van der Waals surface area contributed by atoms with Crippen molar-refractivity contribution in [1.82, 2.24) is 14.8 Å². The minimum Gasteiger partial charge on any atom is -0.485 e. The van der Waals surface area contributed by atoms with Crippen LogP contribution in [-0.2, 0) is 6.61 Å². The lowest BCUT2D eigenvalue weighted by Gasteiger charge is -2.14. The van der Waals surface area contributed by atoms with Gasteiger partial charge in [0.05, 0.1) is 0 Å². The number of para-hydroxylation sites is 1. The molecule has 1 aromatic heterocycles. The summed E-state index contributed by atoms with van der Waals surface area (Å²) in [7, 11) is 0. The van der Waals surface area contributed by atoms with Crippen LogP contribution in [0.2, 0.25) is 0 Å². The average molecular weight is 259 g/mol. The Kier molecular flexibility index (Phi) is 4.20. The molecule has 0 atom stereocenters. The first-order valence-electron chi connectivity index (χ1n) is 6.69. The highest BCUT2D eigenvalue weighted by Crippen LogP contribution is 2.26. The molecule has 102 valence electrons. The second-order valence-corrected chi connectivity index (χ2v) is 5.20. The van der Waals surface area contributed by atoms with Gasteiger partial charge in [0.1, 0.15) is 18.7 Å². The van der Waals surface area contributed by atoms with Crippen LogP contribution < -0.4 is 4.74 Å². The standard InChI is InChI=1S/C15H21N3O/c1-11(2)13-7-5-6-8-14(13)19-9-15-16-10-17-18(15)12(3)4/h5-8,10-12H,9H2,1-4H3. The Hall–Kier alpha value is -1.84. The van der Waals surface area contributed by atoms with Crippen molar-refractivity contribution in [2.45, 2.75) is 46.3 Å². The maximum absolute atomic E-state index is 5.91. The van der Waals surface area contributed by atoms with Crippen molar-refractivity contribution in [3.63, 3.8) is 0 Å². The molecule has 0 aliphatic carbocycles. The van der Waals surface area contributed by atoms with E-state index in [-0.39, 0.29) is 0 Å². The van der Waals surface area contributed by atoms with Gasteiger partial charge in [0.2, 0.25) is 0 Å². The number of hydrogen-bond acceptors (Lipinski definition) is 3. The van der Waals surface area contributed by atoms with E-state index in [2.05, 4.69) is 43.8 Å². The maximum atomic E-state index is 5.91. The Balaban J connectivity index is 2.13. The van der Waals surface area contributed by atoms with Crippen molar-refractivity contribution in [1.29, 1.82) is 0 Å². The van der Waals surface area contributed by atoms with Crippen LogP contribution in [0.3, 0.4) is 0 Å². The van der Waals surface area contributed by atoms with Crippen LogP contribution in [0.1, 0.15) is 51.0 Å². The zero-order valence-electron chi connectivity index (χ0n) is 12.0. The van der Waals surface area contributed by atoms with Gasteiger partial charge in [0.15, 0.2) is 5.82 Å². The monoisotopic (exact) mass is 259 g/mol. The van der Waals surface area contributed by atoms with Gasteiger partial charge in [-0.3, -0.25) is 0 Å². The molecule has 1 heterocycles. The number of hydrogen-bond donors (Lipinski definition) is 0. The van der Waals surface area contributed by atoms with Crippen LogP contribution in [0.5, 0.6) is 5.75 Å². The van der Waals surface area contributed by atoms with Gasteiger partial charge in [-0.25, -0.2) is 9.67 Å². The molecular weight excluding hydrogens is 238 g/mol. The van der Waals surface area contributed by atoms with E-state index in [0.717, 1.165) is 11.6 Å². The van der Waals surface area contributed by atoms with Crippen LogP contribution in [0, 0.1) is 0 Å². The summed E-state index contributed by atoms with van der Waals surface area (Å²) in [5, 5.41) is 4.21. The van der Waals surface area contributed by atoms with Gasteiger partial charge in [-0.1, -0.05) is 32.0 Å². The van der Waals surface area contributed by atoms with Crippen LogP contribution in [-0.4, -0.2) is 14.8 Å². The van der Waals surface area contributed by atoms with E-state index in [0.29, 0.717) is 18.6 Å². The Morgan fingerprint density at radius 2 is 1.89 bits per heavy atom. The van der Waals surface area contributed by atoms with Crippen molar-refractivity contribution in [3.05, 3.63) is 42.0 Å². The highest BCUT2D eigenvalue weighted by Gasteiger charge is 2.11. The topological polar surface area (TPSA) is 39.9 Å². The lowest BCUT2D eigenvalue weighted by molar-refractivity contribution is 0.279. The number of aromatic nitrogens is 3. The zero-order chi connectivity index (χ0) is 13.8. The quantitative estimate of drug-likeness (QED) is 0.824. The normalized spacial score (nSPS) is 11.3. The number of rotatable bonds is 5. The third-order valence-corrected chi connectivity index (χ3v) is 3.03. The minimum atomic E-state index is 0.293. The first-order chi connectivity index (χ1) is 9.09. The largest absolute Gasteiger partial charge is 0.485 e. The Bertz CT molecular complexity index is 532. The highest BCUT2D eigenvalue weighted by atomic mass is 16.5. The molecule has 0 bridgehead atoms. The molecule has 0 spiro atoms. The van der Waals surface area contributed by atoms with Gasteiger partial charge in [-0.15, -0.1) is 0 Å². The summed E-state index contributed by atoms with van der Waals surface area (Å²) in [5.74, 6) is 2.23. The second-order valence-electron chi connectivity index (χ2n) is 5.20. The average Bonchev–Trinajstić information content (AvgIpc) is 2.85. The molecule has 0 amide bonds. The Morgan fingerprint density at radius 3 is 2.58 bits per heavy atom. The molecule has 0 fully saturated rings. The van der Waals surface area contributed by atoms with E-state index >= 15 is 0 Å². The predicted molar refractivity (Wildman–Crippen MR) is 75.3 cm³/mol. The Labute approximate surface area is 114 Å². The summed E-state index contributed by atoms with van der Waals surface area (Å²) in [6, 6.07) is 8.44. The van der Waals surface area contributed by atoms with Crippen LogP contribution in [0.25, 0.3) is 0 Å². The van der Waals surface area contributed by atoms with Crippen molar-refractivity contribution in [3.8, 4) is 5.75 Å².